The molecule has 0 spiro atoms. The lowest BCUT2D eigenvalue weighted by Crippen LogP contribution is -2.37. The zero-order valence-corrected chi connectivity index (χ0v) is 17.3. The molecule has 0 aromatic carbocycles. The number of rotatable bonds is 5. The number of aromatic amines is 1. The molecule has 1 amide bonds. The summed E-state index contributed by atoms with van der Waals surface area (Å²) in [6, 6.07) is 1.89. The molecule has 3 aliphatic rings. The van der Waals surface area contributed by atoms with E-state index in [4.69, 9.17) is 4.84 Å². The monoisotopic (exact) mass is 372 g/mol. The standard InChI is InChI=1S/C21H32N4O2/c1-11(2)7-15-19(24-27-21(15,5)6)18-13-9-25(10-14(13)18)20(26)17-8-16(12(3)4)22-23-17/h8,11-15,18H,7,9-10H2,1-6H3,(H,22,23). The third-order valence-corrected chi connectivity index (χ3v) is 6.55. The Kier molecular flexibility index (Phi) is 4.35. The van der Waals surface area contributed by atoms with Gasteiger partial charge in [0.2, 0.25) is 0 Å². The van der Waals surface area contributed by atoms with Crippen LogP contribution in [0.5, 0.6) is 0 Å². The van der Waals surface area contributed by atoms with Crippen LogP contribution in [0.15, 0.2) is 11.2 Å². The molecule has 27 heavy (non-hydrogen) atoms. The zero-order chi connectivity index (χ0) is 19.5. The van der Waals surface area contributed by atoms with Crippen LogP contribution >= 0.6 is 0 Å². The summed E-state index contributed by atoms with van der Waals surface area (Å²) in [6.07, 6.45) is 1.11. The smallest absolute Gasteiger partial charge is 0.274 e. The molecule has 1 saturated carbocycles. The first kappa shape index (κ1) is 18.5. The van der Waals surface area contributed by atoms with E-state index < -0.39 is 0 Å². The molecule has 1 aromatic heterocycles. The molecular formula is C21H32N4O2. The highest BCUT2D eigenvalue weighted by atomic mass is 16.7. The van der Waals surface area contributed by atoms with Crippen LogP contribution in [0.25, 0.3) is 0 Å². The van der Waals surface area contributed by atoms with Gasteiger partial charge in [0.15, 0.2) is 0 Å². The van der Waals surface area contributed by atoms with E-state index in [1.54, 1.807) is 0 Å². The van der Waals surface area contributed by atoms with Crippen LogP contribution in [0.3, 0.4) is 0 Å². The normalized spacial score (nSPS) is 31.3. The van der Waals surface area contributed by atoms with E-state index in [2.05, 4.69) is 56.9 Å². The Morgan fingerprint density at radius 2 is 1.96 bits per heavy atom. The first-order valence-corrected chi connectivity index (χ1v) is 10.3. The number of nitrogens with zero attached hydrogens (tertiary/aromatic N) is 3. The van der Waals surface area contributed by atoms with Crippen molar-refractivity contribution < 1.29 is 9.63 Å². The minimum absolute atomic E-state index is 0.0489. The van der Waals surface area contributed by atoms with Crippen LogP contribution in [0, 0.1) is 29.6 Å². The van der Waals surface area contributed by atoms with Crippen molar-refractivity contribution in [2.24, 2.45) is 34.7 Å². The lowest BCUT2D eigenvalue weighted by Gasteiger charge is -2.27. The summed E-state index contributed by atoms with van der Waals surface area (Å²) in [5, 5.41) is 11.7. The highest BCUT2D eigenvalue weighted by Gasteiger charge is 2.62. The first-order chi connectivity index (χ1) is 12.7. The van der Waals surface area contributed by atoms with E-state index in [9.17, 15) is 4.79 Å². The summed E-state index contributed by atoms with van der Waals surface area (Å²) in [5.41, 5.74) is 2.58. The second-order valence-electron chi connectivity index (χ2n) is 9.82. The summed E-state index contributed by atoms with van der Waals surface area (Å²) < 4.78 is 0. The number of aromatic nitrogens is 2. The molecule has 148 valence electrons. The number of oxime groups is 1. The average molecular weight is 373 g/mol. The van der Waals surface area contributed by atoms with Gasteiger partial charge < -0.3 is 9.74 Å². The van der Waals surface area contributed by atoms with E-state index in [1.807, 2.05) is 11.0 Å². The summed E-state index contributed by atoms with van der Waals surface area (Å²) >= 11 is 0. The minimum atomic E-state index is -0.214. The molecule has 2 aliphatic heterocycles. The number of nitrogens with one attached hydrogen (secondary N) is 1. The number of carbonyl (C=O) groups is 1. The average Bonchev–Trinajstić information content (AvgIpc) is 3.02. The molecule has 1 saturated heterocycles. The Hall–Kier alpha value is -1.85. The molecule has 0 bridgehead atoms. The highest BCUT2D eigenvalue weighted by Crippen LogP contribution is 2.56. The molecule has 3 unspecified atom stereocenters. The molecule has 1 N–H and O–H groups in total. The van der Waals surface area contributed by atoms with E-state index >= 15 is 0 Å². The number of hydrogen-bond acceptors (Lipinski definition) is 4. The van der Waals surface area contributed by atoms with E-state index in [0.717, 1.165) is 25.2 Å². The third kappa shape index (κ3) is 3.17. The number of hydrogen-bond donors (Lipinski definition) is 1. The van der Waals surface area contributed by atoms with Gasteiger partial charge in [0.25, 0.3) is 5.91 Å². The zero-order valence-electron chi connectivity index (χ0n) is 17.3. The maximum absolute atomic E-state index is 12.8. The topological polar surface area (TPSA) is 70.6 Å². The lowest BCUT2D eigenvalue weighted by molar-refractivity contribution is -0.0184. The van der Waals surface area contributed by atoms with Crippen molar-refractivity contribution in [1.82, 2.24) is 15.1 Å². The van der Waals surface area contributed by atoms with Crippen molar-refractivity contribution in [2.75, 3.05) is 13.1 Å². The first-order valence-electron chi connectivity index (χ1n) is 10.3. The fraction of sp³-hybridized carbons (Fsp3) is 0.762. The van der Waals surface area contributed by atoms with Gasteiger partial charge in [0.05, 0.1) is 5.71 Å². The highest BCUT2D eigenvalue weighted by molar-refractivity contribution is 5.96. The number of carbonyl (C=O) groups excluding carboxylic acids is 1. The minimum Gasteiger partial charge on any atom is -0.389 e. The second-order valence-corrected chi connectivity index (χ2v) is 9.82. The molecule has 3 heterocycles. The maximum Gasteiger partial charge on any atom is 0.274 e. The largest absolute Gasteiger partial charge is 0.389 e. The van der Waals surface area contributed by atoms with Crippen molar-refractivity contribution in [3.8, 4) is 0 Å². The van der Waals surface area contributed by atoms with Gasteiger partial charge in [-0.1, -0.05) is 32.9 Å². The Morgan fingerprint density at radius 1 is 1.30 bits per heavy atom. The third-order valence-electron chi connectivity index (χ3n) is 6.55. The number of H-pyrrole nitrogens is 1. The molecule has 4 rings (SSSR count). The Morgan fingerprint density at radius 3 is 2.52 bits per heavy atom. The summed E-state index contributed by atoms with van der Waals surface area (Å²) in [4.78, 5) is 20.5. The van der Waals surface area contributed by atoms with Crippen LogP contribution in [0.2, 0.25) is 0 Å². The molecule has 6 heteroatoms. The quantitative estimate of drug-likeness (QED) is 0.857. The van der Waals surface area contributed by atoms with Gasteiger partial charge in [-0.2, -0.15) is 5.10 Å². The molecule has 2 fully saturated rings. The number of fused-ring (bicyclic) bond motifs is 1. The van der Waals surface area contributed by atoms with Crippen molar-refractivity contribution in [1.29, 1.82) is 0 Å². The Labute approximate surface area is 161 Å². The van der Waals surface area contributed by atoms with E-state index in [-0.39, 0.29) is 11.5 Å². The Bertz CT molecular complexity index is 752. The molecule has 0 radical (unpaired) electrons. The van der Waals surface area contributed by atoms with Crippen molar-refractivity contribution in [3.63, 3.8) is 0 Å². The van der Waals surface area contributed by atoms with Crippen LogP contribution in [0.4, 0.5) is 0 Å². The van der Waals surface area contributed by atoms with Crippen LogP contribution in [0.1, 0.15) is 70.1 Å². The van der Waals surface area contributed by atoms with Gasteiger partial charge in [0.1, 0.15) is 11.3 Å². The van der Waals surface area contributed by atoms with Crippen molar-refractivity contribution >= 4 is 11.6 Å². The van der Waals surface area contributed by atoms with Gasteiger partial charge in [-0.25, -0.2) is 0 Å². The van der Waals surface area contributed by atoms with Crippen LogP contribution < -0.4 is 0 Å². The molecule has 3 atom stereocenters. The van der Waals surface area contributed by atoms with Crippen LogP contribution in [-0.4, -0.2) is 45.4 Å². The van der Waals surface area contributed by atoms with Gasteiger partial charge in [-0.3, -0.25) is 9.89 Å². The maximum atomic E-state index is 12.8. The summed E-state index contributed by atoms with van der Waals surface area (Å²) in [5.74, 6) is 2.95. The molecule has 1 aliphatic carbocycles. The molecule has 1 aromatic rings. The van der Waals surface area contributed by atoms with Crippen molar-refractivity contribution in [3.05, 3.63) is 17.5 Å². The Balaban J connectivity index is 1.40. The number of amides is 1. The fourth-order valence-corrected chi connectivity index (χ4v) is 4.86. The van der Waals surface area contributed by atoms with Crippen molar-refractivity contribution in [2.45, 2.75) is 59.5 Å². The summed E-state index contributed by atoms with van der Waals surface area (Å²) in [7, 11) is 0. The predicted molar refractivity (Wildman–Crippen MR) is 105 cm³/mol. The fourth-order valence-electron chi connectivity index (χ4n) is 4.86. The van der Waals surface area contributed by atoms with Gasteiger partial charge in [0, 0.05) is 30.6 Å². The van der Waals surface area contributed by atoms with Gasteiger partial charge in [-0.05, 0) is 50.0 Å². The second kappa shape index (κ2) is 6.35. The number of likely N-dealkylation sites (tertiary alicyclic amines) is 1. The van der Waals surface area contributed by atoms with Gasteiger partial charge in [-0.15, -0.1) is 0 Å². The van der Waals surface area contributed by atoms with Gasteiger partial charge >= 0.3 is 0 Å². The number of piperidine rings is 1. The predicted octanol–water partition coefficient (Wildman–Crippen LogP) is 3.68. The SMILES string of the molecule is CC(C)CC1C(C2C3CN(C(=O)c4cc(C(C)C)[nH]n4)CC32)=NOC1(C)C. The lowest BCUT2D eigenvalue weighted by atomic mass is 9.79. The summed E-state index contributed by atoms with van der Waals surface area (Å²) in [6.45, 7) is 14.6. The van der Waals surface area contributed by atoms with E-state index in [1.165, 1.54) is 5.71 Å². The molecular weight excluding hydrogens is 340 g/mol. The van der Waals surface area contributed by atoms with Crippen LogP contribution in [-0.2, 0) is 4.84 Å². The molecule has 6 nitrogen and oxygen atoms in total. The van der Waals surface area contributed by atoms with E-state index in [0.29, 0.717) is 41.2 Å².